The molecule has 0 heterocycles. The van der Waals surface area contributed by atoms with Crippen LogP contribution in [0.4, 0.5) is 0 Å². The Morgan fingerprint density at radius 1 is 0.550 bits per heavy atom. The van der Waals surface area contributed by atoms with Crippen LogP contribution in [0.25, 0.3) is 10.8 Å². The summed E-state index contributed by atoms with van der Waals surface area (Å²) in [5.74, 6) is 18.4. The van der Waals surface area contributed by atoms with Gasteiger partial charge in [-0.05, 0) is 58.1 Å². The second kappa shape index (κ2) is 9.52. The second-order valence-electron chi connectivity index (χ2n) is 3.39. The van der Waals surface area contributed by atoms with E-state index >= 15 is 0 Å². The highest BCUT2D eigenvalue weighted by molar-refractivity contribution is 5.81. The van der Waals surface area contributed by atoms with E-state index < -0.39 is 0 Å². The van der Waals surface area contributed by atoms with Gasteiger partial charge < -0.3 is 0 Å². The van der Waals surface area contributed by atoms with Crippen LogP contribution >= 0.6 is 0 Å². The van der Waals surface area contributed by atoms with Crippen LogP contribution in [0.15, 0.2) is 48.5 Å². The molecular formula is C20H16. The average Bonchev–Trinajstić information content (AvgIpc) is 2.52. The SMILES string of the molecule is C#CC#CC#CC#CC#C.[HH].[HH].[HH].c1ccc2ccccc2c1. The molecule has 0 saturated carbocycles. The van der Waals surface area contributed by atoms with Gasteiger partial charge in [0.1, 0.15) is 0 Å². The number of terminal acetylenes is 2. The number of benzene rings is 2. The van der Waals surface area contributed by atoms with Crippen LogP contribution in [0.2, 0.25) is 0 Å². The van der Waals surface area contributed by atoms with Crippen LogP contribution in [-0.4, -0.2) is 0 Å². The van der Waals surface area contributed by atoms with E-state index in [4.69, 9.17) is 12.8 Å². The van der Waals surface area contributed by atoms with Crippen LogP contribution in [0.3, 0.4) is 0 Å². The lowest BCUT2D eigenvalue weighted by Crippen LogP contribution is -1.67. The minimum absolute atomic E-state index is 0. The molecule has 0 aliphatic rings. The van der Waals surface area contributed by atoms with E-state index in [1.54, 1.807) is 0 Å². The summed E-state index contributed by atoms with van der Waals surface area (Å²) in [5.41, 5.74) is 0. The van der Waals surface area contributed by atoms with Crippen molar-refractivity contribution in [3.63, 3.8) is 0 Å². The summed E-state index contributed by atoms with van der Waals surface area (Å²) in [6.45, 7) is 0. The van der Waals surface area contributed by atoms with Gasteiger partial charge in [-0.25, -0.2) is 0 Å². The first-order chi connectivity index (χ1) is 9.88. The highest BCUT2D eigenvalue weighted by atomic mass is 13.9. The number of fused-ring (bicyclic) bond motifs is 1. The van der Waals surface area contributed by atoms with E-state index in [0.29, 0.717) is 0 Å². The molecule has 0 aromatic heterocycles. The summed E-state index contributed by atoms with van der Waals surface area (Å²) in [5, 5.41) is 2.62. The van der Waals surface area contributed by atoms with E-state index in [2.05, 4.69) is 95.9 Å². The Labute approximate surface area is 124 Å². The van der Waals surface area contributed by atoms with E-state index in [1.807, 2.05) is 0 Å². The second-order valence-corrected chi connectivity index (χ2v) is 3.39. The van der Waals surface area contributed by atoms with Crippen molar-refractivity contribution in [1.29, 1.82) is 0 Å². The molecule has 2 rings (SSSR count). The van der Waals surface area contributed by atoms with Gasteiger partial charge in [-0.2, -0.15) is 0 Å². The number of hydrogen-bond acceptors (Lipinski definition) is 0. The molecule has 0 saturated heterocycles. The zero-order valence-electron chi connectivity index (χ0n) is 10.8. The summed E-state index contributed by atoms with van der Waals surface area (Å²) in [6, 6.07) is 16.7. The van der Waals surface area contributed by atoms with E-state index in [1.165, 1.54) is 10.8 Å². The van der Waals surface area contributed by atoms with Crippen molar-refractivity contribution in [2.24, 2.45) is 0 Å². The molecule has 0 N–H and O–H groups in total. The highest BCUT2D eigenvalue weighted by Crippen LogP contribution is 2.11. The largest absolute Gasteiger partial charge is 0.106 e. The van der Waals surface area contributed by atoms with Crippen molar-refractivity contribution in [3.8, 4) is 60.2 Å². The lowest BCUT2D eigenvalue weighted by Gasteiger charge is -1.92. The van der Waals surface area contributed by atoms with Gasteiger partial charge in [-0.3, -0.25) is 0 Å². The lowest BCUT2D eigenvalue weighted by molar-refractivity contribution is 1.75. The Hall–Kier alpha value is -3.50. The third kappa shape index (κ3) is 5.72. The molecule has 0 bridgehead atoms. The van der Waals surface area contributed by atoms with Gasteiger partial charge in [0.2, 0.25) is 0 Å². The van der Waals surface area contributed by atoms with Crippen LogP contribution in [0.5, 0.6) is 0 Å². The third-order valence-electron chi connectivity index (χ3n) is 2.12. The molecule has 96 valence electrons. The van der Waals surface area contributed by atoms with Gasteiger partial charge in [-0.1, -0.05) is 48.5 Å². The van der Waals surface area contributed by atoms with Gasteiger partial charge >= 0.3 is 0 Å². The molecule has 0 radical (unpaired) electrons. The normalized spacial score (nSPS) is 6.70. The number of hydrogen-bond donors (Lipinski definition) is 0. The Bertz CT molecular complexity index is 747. The Morgan fingerprint density at radius 3 is 1.15 bits per heavy atom. The third-order valence-corrected chi connectivity index (χ3v) is 2.12. The fraction of sp³-hybridized carbons (Fsp3) is 0. The molecule has 0 unspecified atom stereocenters. The van der Waals surface area contributed by atoms with Crippen molar-refractivity contribution in [2.45, 2.75) is 0 Å². The fourth-order valence-corrected chi connectivity index (χ4v) is 1.33. The summed E-state index contributed by atoms with van der Waals surface area (Å²) in [6.07, 6.45) is 9.62. The Morgan fingerprint density at radius 2 is 0.850 bits per heavy atom. The topological polar surface area (TPSA) is 0 Å². The van der Waals surface area contributed by atoms with Crippen LogP contribution in [0.1, 0.15) is 4.28 Å². The maximum atomic E-state index is 4.81. The summed E-state index contributed by atoms with van der Waals surface area (Å²) >= 11 is 0. The molecule has 0 heteroatoms. The first-order valence-electron chi connectivity index (χ1n) is 5.73. The molecule has 0 amide bonds. The molecule has 0 atom stereocenters. The van der Waals surface area contributed by atoms with Crippen LogP contribution in [0, 0.1) is 60.2 Å². The van der Waals surface area contributed by atoms with Crippen molar-refractivity contribution < 1.29 is 4.28 Å². The molecule has 0 spiro atoms. The van der Waals surface area contributed by atoms with E-state index in [0.717, 1.165) is 0 Å². The summed E-state index contributed by atoms with van der Waals surface area (Å²) in [4.78, 5) is 0. The first kappa shape index (κ1) is 14.6. The molecule has 2 aromatic rings. The summed E-state index contributed by atoms with van der Waals surface area (Å²) in [7, 11) is 0. The van der Waals surface area contributed by atoms with Gasteiger partial charge in [0.25, 0.3) is 0 Å². The van der Waals surface area contributed by atoms with E-state index in [9.17, 15) is 0 Å². The minimum Gasteiger partial charge on any atom is -0.106 e. The first-order valence-corrected chi connectivity index (χ1v) is 5.73. The Balaban J connectivity index is -0.000000308. The van der Waals surface area contributed by atoms with Gasteiger partial charge in [0.05, 0.1) is 0 Å². The fourth-order valence-electron chi connectivity index (χ4n) is 1.33. The van der Waals surface area contributed by atoms with Crippen LogP contribution < -0.4 is 0 Å². The van der Waals surface area contributed by atoms with Crippen molar-refractivity contribution in [3.05, 3.63) is 48.5 Å². The molecule has 0 aliphatic heterocycles. The quantitative estimate of drug-likeness (QED) is 0.628. The zero-order chi connectivity index (χ0) is 14.5. The van der Waals surface area contributed by atoms with Crippen molar-refractivity contribution >= 4 is 10.8 Å². The van der Waals surface area contributed by atoms with Gasteiger partial charge in [-0.15, -0.1) is 12.8 Å². The maximum Gasteiger partial charge on any atom is 0 e. The smallest absolute Gasteiger partial charge is 0 e. The molecular weight excluding hydrogens is 240 g/mol. The average molecular weight is 256 g/mol. The molecule has 0 fully saturated rings. The minimum atomic E-state index is 0. The van der Waals surface area contributed by atoms with Crippen molar-refractivity contribution in [2.75, 3.05) is 0 Å². The highest BCUT2D eigenvalue weighted by Gasteiger charge is 1.85. The molecule has 2 aromatic carbocycles. The molecule has 0 aliphatic carbocycles. The van der Waals surface area contributed by atoms with Gasteiger partial charge in [0.15, 0.2) is 0 Å². The molecule has 0 nitrogen and oxygen atoms in total. The maximum absolute atomic E-state index is 4.81. The van der Waals surface area contributed by atoms with Crippen molar-refractivity contribution in [1.82, 2.24) is 0 Å². The molecule has 20 heavy (non-hydrogen) atoms. The standard InChI is InChI=1S/C10H8.C10H2.3H2/c1-2-6-10-8-4-3-7-9(10)5-1;1-3-5-7-9-10-8-6-4-2;;;/h1-8H;1-2H;3*1H. The predicted octanol–water partition coefficient (Wildman–Crippen LogP) is 3.84. The zero-order valence-corrected chi connectivity index (χ0v) is 10.8. The monoisotopic (exact) mass is 256 g/mol. The Kier molecular flexibility index (Phi) is 6.93. The van der Waals surface area contributed by atoms with E-state index in [-0.39, 0.29) is 4.28 Å². The lowest BCUT2D eigenvalue weighted by atomic mass is 10.1. The number of rotatable bonds is 0. The van der Waals surface area contributed by atoms with Gasteiger partial charge in [0, 0.05) is 4.28 Å². The van der Waals surface area contributed by atoms with Crippen LogP contribution in [-0.2, 0) is 0 Å². The predicted molar refractivity (Wildman–Crippen MR) is 91.3 cm³/mol. The summed E-state index contributed by atoms with van der Waals surface area (Å²) < 4.78 is 0.